The number of carbonyl (C=O) groups excluding carboxylic acids is 1. The maximum atomic E-state index is 14.0. The van der Waals surface area contributed by atoms with Gasteiger partial charge in [-0.25, -0.2) is 22.4 Å². The van der Waals surface area contributed by atoms with Crippen molar-refractivity contribution in [2.45, 2.75) is 5.60 Å². The van der Waals surface area contributed by atoms with Gasteiger partial charge in [-0.15, -0.1) is 0 Å². The summed E-state index contributed by atoms with van der Waals surface area (Å²) in [6.45, 7) is 0. The fourth-order valence-corrected chi connectivity index (χ4v) is 2.08. The first-order valence-corrected chi connectivity index (χ1v) is 6.03. The van der Waals surface area contributed by atoms with Gasteiger partial charge in [0.25, 0.3) is 0 Å². The lowest BCUT2D eigenvalue weighted by molar-refractivity contribution is -0.159. The van der Waals surface area contributed by atoms with E-state index in [1.807, 2.05) is 0 Å². The molecule has 0 aliphatic heterocycles. The van der Waals surface area contributed by atoms with Crippen molar-refractivity contribution in [3.63, 3.8) is 0 Å². The van der Waals surface area contributed by atoms with Crippen LogP contribution in [0.3, 0.4) is 0 Å². The second kappa shape index (κ2) is 5.76. The molecule has 0 aliphatic rings. The maximum Gasteiger partial charge on any atom is 0.347 e. The Kier molecular flexibility index (Phi) is 4.18. The molecule has 0 aromatic heterocycles. The summed E-state index contributed by atoms with van der Waals surface area (Å²) < 4.78 is 59.0. The van der Waals surface area contributed by atoms with Crippen LogP contribution in [0.2, 0.25) is 0 Å². The number of ether oxygens (including phenoxy) is 1. The van der Waals surface area contributed by atoms with Crippen molar-refractivity contribution in [3.8, 4) is 0 Å². The molecule has 0 amide bonds. The summed E-state index contributed by atoms with van der Waals surface area (Å²) in [6, 6.07) is 5.27. The summed E-state index contributed by atoms with van der Waals surface area (Å²) in [6.07, 6.45) is 0. The molecule has 22 heavy (non-hydrogen) atoms. The van der Waals surface area contributed by atoms with Crippen molar-refractivity contribution in [1.82, 2.24) is 0 Å². The lowest BCUT2D eigenvalue weighted by Gasteiger charge is -2.27. The van der Waals surface area contributed by atoms with Gasteiger partial charge in [0.05, 0.1) is 7.11 Å². The van der Waals surface area contributed by atoms with Crippen LogP contribution in [0.5, 0.6) is 0 Å². The van der Waals surface area contributed by atoms with E-state index in [-0.39, 0.29) is 0 Å². The third-order valence-corrected chi connectivity index (χ3v) is 3.16. The molecule has 0 saturated heterocycles. The summed E-state index contributed by atoms with van der Waals surface area (Å²) in [5, 5.41) is 10.5. The van der Waals surface area contributed by atoms with Gasteiger partial charge in [-0.05, 0) is 12.1 Å². The highest BCUT2D eigenvalue weighted by molar-refractivity contribution is 5.85. The van der Waals surface area contributed by atoms with Gasteiger partial charge < -0.3 is 9.84 Å². The number of methoxy groups -OCH3 is 1. The fourth-order valence-electron chi connectivity index (χ4n) is 2.08. The van der Waals surface area contributed by atoms with Crippen LogP contribution in [-0.2, 0) is 15.1 Å². The van der Waals surface area contributed by atoms with Crippen LogP contribution in [0.4, 0.5) is 17.6 Å². The number of esters is 1. The molecule has 2 aromatic carbocycles. The fraction of sp³-hybridized carbons (Fsp3) is 0.133. The van der Waals surface area contributed by atoms with Gasteiger partial charge in [0.2, 0.25) is 5.60 Å². The van der Waals surface area contributed by atoms with Crippen molar-refractivity contribution in [1.29, 1.82) is 0 Å². The molecule has 0 fully saturated rings. The smallest absolute Gasteiger partial charge is 0.347 e. The first-order valence-electron chi connectivity index (χ1n) is 6.03. The monoisotopic (exact) mass is 314 g/mol. The molecule has 2 aromatic rings. The lowest BCUT2D eigenvalue weighted by atomic mass is 9.85. The Labute approximate surface area is 122 Å². The molecule has 0 radical (unpaired) electrons. The molecule has 0 heterocycles. The molecule has 0 unspecified atom stereocenters. The van der Waals surface area contributed by atoms with Gasteiger partial charge in [-0.2, -0.15) is 0 Å². The molecule has 2 rings (SSSR count). The molecule has 7 heteroatoms. The Bertz CT molecular complexity index is 679. The SMILES string of the molecule is COC(=O)C(O)(c1cccc(F)c1F)c1cccc(F)c1F. The van der Waals surface area contributed by atoms with E-state index >= 15 is 0 Å². The highest BCUT2D eigenvalue weighted by atomic mass is 19.2. The lowest BCUT2D eigenvalue weighted by Crippen LogP contribution is -2.40. The second-order valence-electron chi connectivity index (χ2n) is 4.40. The van der Waals surface area contributed by atoms with Gasteiger partial charge in [0.1, 0.15) is 0 Å². The van der Waals surface area contributed by atoms with Crippen molar-refractivity contribution < 1.29 is 32.2 Å². The largest absolute Gasteiger partial charge is 0.466 e. The third-order valence-electron chi connectivity index (χ3n) is 3.16. The average Bonchev–Trinajstić information content (AvgIpc) is 2.51. The van der Waals surface area contributed by atoms with E-state index < -0.39 is 46.0 Å². The highest BCUT2D eigenvalue weighted by Gasteiger charge is 2.46. The molecule has 0 aliphatic carbocycles. The minimum Gasteiger partial charge on any atom is -0.466 e. The van der Waals surface area contributed by atoms with Crippen LogP contribution in [0.1, 0.15) is 11.1 Å². The molecule has 116 valence electrons. The first-order chi connectivity index (χ1) is 10.3. The van der Waals surface area contributed by atoms with Crippen LogP contribution < -0.4 is 0 Å². The Morgan fingerprint density at radius 3 is 1.73 bits per heavy atom. The normalized spacial score (nSPS) is 11.4. The van der Waals surface area contributed by atoms with E-state index in [2.05, 4.69) is 4.74 Å². The van der Waals surface area contributed by atoms with Crippen LogP contribution >= 0.6 is 0 Å². The number of carbonyl (C=O) groups is 1. The molecule has 0 atom stereocenters. The van der Waals surface area contributed by atoms with E-state index in [1.165, 1.54) is 0 Å². The van der Waals surface area contributed by atoms with E-state index in [4.69, 9.17) is 0 Å². The topological polar surface area (TPSA) is 46.5 Å². The van der Waals surface area contributed by atoms with E-state index in [1.54, 1.807) is 0 Å². The number of halogens is 4. The summed E-state index contributed by atoms with van der Waals surface area (Å²) in [5.41, 5.74) is -4.81. The van der Waals surface area contributed by atoms with Gasteiger partial charge in [-0.3, -0.25) is 0 Å². The van der Waals surface area contributed by atoms with Crippen molar-refractivity contribution in [2.24, 2.45) is 0 Å². The summed E-state index contributed by atoms with van der Waals surface area (Å²) in [7, 11) is 0.863. The number of hydrogen-bond donors (Lipinski definition) is 1. The van der Waals surface area contributed by atoms with Crippen LogP contribution in [0, 0.1) is 23.3 Å². The van der Waals surface area contributed by atoms with Crippen LogP contribution in [0.15, 0.2) is 36.4 Å². The summed E-state index contributed by atoms with van der Waals surface area (Å²) in [4.78, 5) is 11.9. The first kappa shape index (κ1) is 16.0. The highest BCUT2D eigenvalue weighted by Crippen LogP contribution is 2.35. The predicted octanol–water partition coefficient (Wildman–Crippen LogP) is 2.65. The van der Waals surface area contributed by atoms with Crippen molar-refractivity contribution >= 4 is 5.97 Å². The van der Waals surface area contributed by atoms with E-state index in [9.17, 15) is 27.5 Å². The Hall–Kier alpha value is -2.41. The van der Waals surface area contributed by atoms with E-state index in [0.717, 1.165) is 43.5 Å². The molecule has 1 N–H and O–H groups in total. The predicted molar refractivity (Wildman–Crippen MR) is 67.7 cm³/mol. The number of rotatable bonds is 3. The molecule has 0 bridgehead atoms. The Balaban J connectivity index is 2.82. The maximum absolute atomic E-state index is 14.0. The minimum atomic E-state index is -3.03. The standard InChI is InChI=1S/C15H10F4O3/c1-22-14(20)15(21,8-4-2-6-10(16)12(8)18)9-5-3-7-11(17)13(9)19/h2-7,21H,1H3. The molecule has 0 saturated carbocycles. The van der Waals surface area contributed by atoms with Crippen LogP contribution in [-0.4, -0.2) is 18.2 Å². The van der Waals surface area contributed by atoms with E-state index in [0.29, 0.717) is 0 Å². The summed E-state index contributed by atoms with van der Waals surface area (Å²) >= 11 is 0. The van der Waals surface area contributed by atoms with Crippen molar-refractivity contribution in [3.05, 3.63) is 70.8 Å². The molecular formula is C15H10F4O3. The number of aliphatic hydroxyl groups is 1. The van der Waals surface area contributed by atoms with Gasteiger partial charge in [0, 0.05) is 11.1 Å². The summed E-state index contributed by atoms with van der Waals surface area (Å²) in [5.74, 6) is -7.35. The second-order valence-corrected chi connectivity index (χ2v) is 4.40. The third kappa shape index (κ3) is 2.33. The zero-order valence-corrected chi connectivity index (χ0v) is 11.2. The number of hydrogen-bond acceptors (Lipinski definition) is 3. The van der Waals surface area contributed by atoms with Crippen molar-refractivity contribution in [2.75, 3.05) is 7.11 Å². The van der Waals surface area contributed by atoms with Crippen LogP contribution in [0.25, 0.3) is 0 Å². The van der Waals surface area contributed by atoms with Gasteiger partial charge >= 0.3 is 5.97 Å². The van der Waals surface area contributed by atoms with Gasteiger partial charge in [0.15, 0.2) is 23.3 Å². The molecule has 3 nitrogen and oxygen atoms in total. The zero-order chi connectivity index (χ0) is 16.5. The minimum absolute atomic E-state index is 0.748. The zero-order valence-electron chi connectivity index (χ0n) is 11.2. The number of benzene rings is 2. The average molecular weight is 314 g/mol. The molecular weight excluding hydrogens is 304 g/mol. The molecule has 0 spiro atoms. The Morgan fingerprint density at radius 2 is 1.36 bits per heavy atom. The Morgan fingerprint density at radius 1 is 0.955 bits per heavy atom. The quantitative estimate of drug-likeness (QED) is 0.700. The van der Waals surface area contributed by atoms with Gasteiger partial charge in [-0.1, -0.05) is 24.3 Å².